The Hall–Kier alpha value is -3.61. The number of aromatic nitrogens is 2. The van der Waals surface area contributed by atoms with Gasteiger partial charge in [-0.25, -0.2) is 18.7 Å². The molecule has 1 fully saturated rings. The molecular weight excluding hydrogens is 560 g/mol. The maximum Gasteiger partial charge on any atom is 0.226 e. The van der Waals surface area contributed by atoms with Crippen molar-refractivity contribution < 1.29 is 18.3 Å². The van der Waals surface area contributed by atoms with Crippen molar-refractivity contribution in [2.24, 2.45) is 11.7 Å². The van der Waals surface area contributed by atoms with Crippen LogP contribution in [-0.4, -0.2) is 36.3 Å². The van der Waals surface area contributed by atoms with Crippen LogP contribution in [0.25, 0.3) is 16.5 Å². The van der Waals surface area contributed by atoms with Crippen LogP contribution in [0.5, 0.6) is 0 Å². The molecule has 2 atom stereocenters. The van der Waals surface area contributed by atoms with E-state index < -0.39 is 11.6 Å². The number of nitriles is 1. The van der Waals surface area contributed by atoms with Crippen molar-refractivity contribution in [1.29, 1.82) is 5.26 Å². The summed E-state index contributed by atoms with van der Waals surface area (Å²) in [4.78, 5) is 11.4. The third kappa shape index (κ3) is 6.57. The average molecular weight is 608 g/mol. The fourth-order valence-electron chi connectivity index (χ4n) is 5.97. The summed E-state index contributed by atoms with van der Waals surface area (Å²) in [5, 5.41) is 10.9. The van der Waals surface area contributed by atoms with Gasteiger partial charge in [0.1, 0.15) is 17.4 Å². The number of nitrogens with two attached hydrogens (primary N) is 1. The molecule has 4 rings (SSSR count). The highest BCUT2D eigenvalue weighted by molar-refractivity contribution is 5.96. The van der Waals surface area contributed by atoms with Crippen molar-refractivity contribution in [2.45, 2.75) is 94.0 Å². The molecule has 0 saturated carbocycles. The van der Waals surface area contributed by atoms with E-state index in [1.54, 1.807) is 27.2 Å². The summed E-state index contributed by atoms with van der Waals surface area (Å²) in [6, 6.07) is 2.23. The highest BCUT2D eigenvalue weighted by Gasteiger charge is 2.34. The van der Waals surface area contributed by atoms with E-state index in [2.05, 4.69) is 18.0 Å². The molecule has 0 amide bonds. The second kappa shape index (κ2) is 15.4. The first kappa shape index (κ1) is 34.9. The lowest BCUT2D eigenvalue weighted by Crippen LogP contribution is -2.24. The smallest absolute Gasteiger partial charge is 0.226 e. The normalized spacial score (nSPS) is 20.0. The highest BCUT2D eigenvalue weighted by atomic mass is 19.1. The summed E-state index contributed by atoms with van der Waals surface area (Å²) in [5.41, 5.74) is 10.6. The summed E-state index contributed by atoms with van der Waals surface area (Å²) in [6.07, 6.45) is 4.73. The molecule has 1 aromatic heterocycles. The molecule has 238 valence electrons. The number of fused-ring (bicyclic) bond motifs is 3. The molecule has 2 aromatic rings. The summed E-state index contributed by atoms with van der Waals surface area (Å²) >= 11 is 0. The molecule has 2 aliphatic heterocycles. The van der Waals surface area contributed by atoms with Crippen LogP contribution in [0, 0.1) is 23.1 Å². The lowest BCUT2D eigenvalue weighted by molar-refractivity contribution is 0.0899. The Morgan fingerprint density at radius 3 is 2.48 bits per heavy atom. The van der Waals surface area contributed by atoms with Crippen molar-refractivity contribution in [3.63, 3.8) is 0 Å². The number of halogens is 2. The second-order valence-electron chi connectivity index (χ2n) is 11.1. The van der Waals surface area contributed by atoms with Crippen molar-refractivity contribution in [1.82, 2.24) is 9.97 Å². The summed E-state index contributed by atoms with van der Waals surface area (Å²) in [7, 11) is 1.69. The first-order chi connectivity index (χ1) is 21.1. The van der Waals surface area contributed by atoms with Crippen LogP contribution in [0.15, 0.2) is 46.1 Å². The van der Waals surface area contributed by atoms with Crippen molar-refractivity contribution >= 4 is 22.4 Å². The first-order valence-corrected chi connectivity index (χ1v) is 15.6. The standard InChI is InChI=1S/C33H41F2N5O2.C2H6/c1-8-11-26(37)21(12-36)29(20(6)25(34)10-3)28(18(4)9-2)30-24-17-42-16-23(24)22-13-38-33(39-32(22)31(30)35)40-14-19(5)27(15-40)41-7;1-2/h10,13,19,27H,8-9,11,14-17,37H2,1-7H3;1-2H3/b25-10+,26-21+,28-18-,29-20-;. The molecule has 0 bridgehead atoms. The van der Waals surface area contributed by atoms with Crippen molar-refractivity contribution in [3.05, 3.63) is 68.6 Å². The fourth-order valence-corrected chi connectivity index (χ4v) is 5.97. The van der Waals surface area contributed by atoms with E-state index in [0.29, 0.717) is 66.1 Å². The molecule has 1 aromatic carbocycles. The van der Waals surface area contributed by atoms with Crippen LogP contribution >= 0.6 is 0 Å². The van der Waals surface area contributed by atoms with Crippen LogP contribution in [0.4, 0.5) is 14.7 Å². The number of allylic oxidation sites excluding steroid dienone is 8. The van der Waals surface area contributed by atoms with Gasteiger partial charge in [-0.1, -0.05) is 52.7 Å². The molecule has 0 spiro atoms. The number of methoxy groups -OCH3 is 1. The van der Waals surface area contributed by atoms with Crippen LogP contribution in [-0.2, 0) is 22.7 Å². The highest BCUT2D eigenvalue weighted by Crippen LogP contribution is 2.45. The van der Waals surface area contributed by atoms with E-state index in [1.165, 1.54) is 6.08 Å². The van der Waals surface area contributed by atoms with Crippen LogP contribution in [0.1, 0.15) is 91.3 Å². The minimum atomic E-state index is -0.547. The van der Waals surface area contributed by atoms with Gasteiger partial charge in [-0.3, -0.25) is 0 Å². The predicted molar refractivity (Wildman–Crippen MR) is 174 cm³/mol. The Bertz CT molecular complexity index is 1550. The largest absolute Gasteiger partial charge is 0.401 e. The molecule has 0 aliphatic carbocycles. The van der Waals surface area contributed by atoms with E-state index in [-0.39, 0.29) is 47.5 Å². The quantitative estimate of drug-likeness (QED) is 0.227. The number of hydrogen-bond donors (Lipinski definition) is 1. The van der Waals surface area contributed by atoms with Gasteiger partial charge in [-0.05, 0) is 55.9 Å². The van der Waals surface area contributed by atoms with Gasteiger partial charge in [-0.2, -0.15) is 5.26 Å². The van der Waals surface area contributed by atoms with E-state index in [9.17, 15) is 5.26 Å². The Balaban J connectivity index is 0.00000259. The van der Waals surface area contributed by atoms with Gasteiger partial charge in [0.25, 0.3) is 0 Å². The second-order valence-corrected chi connectivity index (χ2v) is 11.1. The molecule has 3 heterocycles. The summed E-state index contributed by atoms with van der Waals surface area (Å²) < 4.78 is 43.9. The number of rotatable bonds is 9. The van der Waals surface area contributed by atoms with Crippen LogP contribution < -0.4 is 10.6 Å². The average Bonchev–Trinajstić information content (AvgIpc) is 3.68. The van der Waals surface area contributed by atoms with E-state index in [1.807, 2.05) is 39.5 Å². The Morgan fingerprint density at radius 2 is 1.91 bits per heavy atom. The topological polar surface area (TPSA) is 97.3 Å². The number of benzene rings is 1. The first-order valence-electron chi connectivity index (χ1n) is 15.6. The molecule has 0 radical (unpaired) electrons. The lowest BCUT2D eigenvalue weighted by Gasteiger charge is -2.23. The number of nitrogens with zero attached hydrogens (tertiary/aromatic N) is 4. The summed E-state index contributed by atoms with van der Waals surface area (Å²) in [5.74, 6) is -0.356. The van der Waals surface area contributed by atoms with Crippen molar-refractivity contribution in [2.75, 3.05) is 25.1 Å². The molecule has 2 N–H and O–H groups in total. The van der Waals surface area contributed by atoms with E-state index in [0.717, 1.165) is 11.1 Å². The lowest BCUT2D eigenvalue weighted by atomic mass is 9.81. The molecule has 44 heavy (non-hydrogen) atoms. The minimum absolute atomic E-state index is 0.0295. The monoisotopic (exact) mass is 607 g/mol. The molecule has 2 unspecified atom stereocenters. The third-order valence-electron chi connectivity index (χ3n) is 8.46. The Labute approximate surface area is 261 Å². The van der Waals surface area contributed by atoms with Crippen LogP contribution in [0.2, 0.25) is 0 Å². The Kier molecular flexibility index (Phi) is 12.2. The zero-order valence-electron chi connectivity index (χ0n) is 27.7. The molecule has 2 aliphatic rings. The van der Waals surface area contributed by atoms with Gasteiger partial charge in [0, 0.05) is 54.5 Å². The zero-order valence-corrected chi connectivity index (χ0v) is 27.7. The zero-order chi connectivity index (χ0) is 32.7. The molecule has 7 nitrogen and oxygen atoms in total. The predicted octanol–water partition coefficient (Wildman–Crippen LogP) is 8.21. The summed E-state index contributed by atoms with van der Waals surface area (Å²) in [6.45, 7) is 16.8. The van der Waals surface area contributed by atoms with Crippen LogP contribution in [0.3, 0.4) is 0 Å². The van der Waals surface area contributed by atoms with Gasteiger partial charge >= 0.3 is 0 Å². The van der Waals surface area contributed by atoms with Gasteiger partial charge in [0.2, 0.25) is 5.95 Å². The van der Waals surface area contributed by atoms with Gasteiger partial charge in [-0.15, -0.1) is 0 Å². The molecular formula is C35H47F2N5O2. The number of ether oxygens (including phenoxy) is 2. The van der Waals surface area contributed by atoms with Gasteiger partial charge in [0.15, 0.2) is 5.82 Å². The fraction of sp³-hybridized carbons (Fsp3) is 0.514. The number of hydrogen-bond acceptors (Lipinski definition) is 7. The van der Waals surface area contributed by atoms with E-state index >= 15 is 8.78 Å². The molecule has 9 heteroatoms. The van der Waals surface area contributed by atoms with Crippen molar-refractivity contribution in [3.8, 4) is 6.07 Å². The van der Waals surface area contributed by atoms with Gasteiger partial charge < -0.3 is 20.1 Å². The van der Waals surface area contributed by atoms with Gasteiger partial charge in [0.05, 0.1) is 24.9 Å². The maximum atomic E-state index is 17.1. The number of anilines is 1. The SMILES string of the molecule is CC.C\C=C(F)/C(C)=C(C(/C#N)=C(/N)CCC)\C(=C(/C)CC)c1c2c(c3cnc(N4CC(C)C(OC)C4)nc3c1F)COC2. The van der Waals surface area contributed by atoms with E-state index in [4.69, 9.17) is 20.2 Å². The maximum absolute atomic E-state index is 17.1. The molecule has 1 saturated heterocycles. The Morgan fingerprint density at radius 1 is 1.23 bits per heavy atom. The third-order valence-corrected chi connectivity index (χ3v) is 8.46. The minimum Gasteiger partial charge on any atom is -0.401 e.